The van der Waals surface area contributed by atoms with Gasteiger partial charge in [-0.3, -0.25) is 4.79 Å². The highest BCUT2D eigenvalue weighted by atomic mass is 16.1. The molecule has 3 rings (SSSR count). The van der Waals surface area contributed by atoms with E-state index in [1.165, 1.54) is 5.56 Å². The first-order valence-electron chi connectivity index (χ1n) is 8.09. The zero-order valence-electron chi connectivity index (χ0n) is 13.8. The highest BCUT2D eigenvalue weighted by molar-refractivity contribution is 5.94. The molecule has 0 spiro atoms. The third-order valence-corrected chi connectivity index (χ3v) is 3.83. The molecule has 2 aromatic carbocycles. The van der Waals surface area contributed by atoms with E-state index in [9.17, 15) is 9.59 Å². The maximum absolute atomic E-state index is 12.2. The zero-order valence-corrected chi connectivity index (χ0v) is 13.8. The van der Waals surface area contributed by atoms with Crippen LogP contribution in [0, 0.1) is 5.92 Å². The van der Waals surface area contributed by atoms with Crippen LogP contribution < -0.4 is 11.0 Å². The van der Waals surface area contributed by atoms with Gasteiger partial charge in [0, 0.05) is 5.69 Å². The second-order valence-corrected chi connectivity index (χ2v) is 6.48. The number of carbonyl (C=O) groups excluding carboxylic acids is 1. The summed E-state index contributed by atoms with van der Waals surface area (Å²) in [6.45, 7) is 4.38. The van der Waals surface area contributed by atoms with Gasteiger partial charge in [-0.25, -0.2) is 4.79 Å². The van der Waals surface area contributed by atoms with Crippen molar-refractivity contribution < 1.29 is 4.79 Å². The largest absolute Gasteiger partial charge is 0.326 e. The average molecular weight is 323 g/mol. The van der Waals surface area contributed by atoms with Gasteiger partial charge in [0.2, 0.25) is 5.91 Å². The van der Waals surface area contributed by atoms with E-state index < -0.39 is 0 Å². The fourth-order valence-electron chi connectivity index (χ4n) is 2.77. The van der Waals surface area contributed by atoms with Crippen molar-refractivity contribution in [2.45, 2.75) is 26.7 Å². The fraction of sp³-hybridized carbons (Fsp3) is 0.263. The number of aromatic amines is 2. The summed E-state index contributed by atoms with van der Waals surface area (Å²) >= 11 is 0. The molecule has 0 aliphatic carbocycles. The summed E-state index contributed by atoms with van der Waals surface area (Å²) in [5.41, 5.74) is 4.08. The van der Waals surface area contributed by atoms with Gasteiger partial charge in [0.05, 0.1) is 17.5 Å². The number of aromatic nitrogens is 2. The first kappa shape index (κ1) is 16.1. The Morgan fingerprint density at radius 3 is 2.38 bits per heavy atom. The number of benzene rings is 2. The third kappa shape index (κ3) is 3.93. The van der Waals surface area contributed by atoms with Gasteiger partial charge in [-0.1, -0.05) is 38.1 Å². The third-order valence-electron chi connectivity index (χ3n) is 3.83. The molecule has 1 aromatic heterocycles. The molecule has 0 aliphatic heterocycles. The lowest BCUT2D eigenvalue weighted by Gasteiger charge is -2.08. The molecule has 5 heteroatoms. The minimum absolute atomic E-state index is 0.0798. The molecule has 3 aromatic rings. The van der Waals surface area contributed by atoms with E-state index >= 15 is 0 Å². The molecular weight excluding hydrogens is 302 g/mol. The Kier molecular flexibility index (Phi) is 4.51. The predicted octanol–water partition coefficient (Wildman–Crippen LogP) is 3.24. The molecule has 1 amide bonds. The van der Waals surface area contributed by atoms with Crippen LogP contribution in [0.5, 0.6) is 0 Å². The Morgan fingerprint density at radius 1 is 1.00 bits per heavy atom. The summed E-state index contributed by atoms with van der Waals surface area (Å²) in [6.07, 6.45) is 1.37. The lowest BCUT2D eigenvalue weighted by Crippen LogP contribution is -2.14. The van der Waals surface area contributed by atoms with Crippen LogP contribution in [0.2, 0.25) is 0 Å². The monoisotopic (exact) mass is 323 g/mol. The normalized spacial score (nSPS) is 11.1. The second-order valence-electron chi connectivity index (χ2n) is 6.48. The zero-order chi connectivity index (χ0) is 17.1. The van der Waals surface area contributed by atoms with Crippen LogP contribution in [0.4, 0.5) is 5.69 Å². The van der Waals surface area contributed by atoms with Gasteiger partial charge < -0.3 is 15.3 Å². The highest BCUT2D eigenvalue weighted by Gasteiger charge is 2.06. The molecule has 0 saturated carbocycles. The molecular formula is C19H21N3O2. The minimum atomic E-state index is -0.255. The quantitative estimate of drug-likeness (QED) is 0.674. The van der Waals surface area contributed by atoms with E-state index in [1.807, 2.05) is 12.1 Å². The van der Waals surface area contributed by atoms with Crippen molar-refractivity contribution >= 4 is 22.6 Å². The molecule has 0 radical (unpaired) electrons. The first-order valence-corrected chi connectivity index (χ1v) is 8.09. The average Bonchev–Trinajstić information content (AvgIpc) is 2.88. The fourth-order valence-corrected chi connectivity index (χ4v) is 2.77. The van der Waals surface area contributed by atoms with Crippen LogP contribution >= 0.6 is 0 Å². The molecule has 1 heterocycles. The van der Waals surface area contributed by atoms with Gasteiger partial charge in [-0.2, -0.15) is 0 Å². The van der Waals surface area contributed by atoms with Gasteiger partial charge in [0.15, 0.2) is 0 Å². The molecule has 5 nitrogen and oxygen atoms in total. The van der Waals surface area contributed by atoms with E-state index in [1.54, 1.807) is 18.2 Å². The summed E-state index contributed by atoms with van der Waals surface area (Å²) in [5.74, 6) is 0.540. The number of amides is 1. The number of carbonyl (C=O) groups is 1. The smallest absolute Gasteiger partial charge is 0.323 e. The van der Waals surface area contributed by atoms with Crippen LogP contribution in [-0.4, -0.2) is 15.9 Å². The number of hydrogen-bond donors (Lipinski definition) is 3. The lowest BCUT2D eigenvalue weighted by atomic mass is 10.0. The van der Waals surface area contributed by atoms with E-state index in [4.69, 9.17) is 0 Å². The van der Waals surface area contributed by atoms with Gasteiger partial charge in [0.25, 0.3) is 0 Å². The maximum atomic E-state index is 12.2. The van der Waals surface area contributed by atoms with Crippen molar-refractivity contribution in [2.75, 3.05) is 5.32 Å². The molecule has 3 N–H and O–H groups in total. The van der Waals surface area contributed by atoms with E-state index in [0.717, 1.165) is 17.5 Å². The van der Waals surface area contributed by atoms with Crippen LogP contribution in [0.1, 0.15) is 25.0 Å². The molecule has 0 bridgehead atoms. The van der Waals surface area contributed by atoms with Crippen LogP contribution in [-0.2, 0) is 17.6 Å². The number of nitrogens with one attached hydrogen (secondary N) is 3. The Hall–Kier alpha value is -2.82. The van der Waals surface area contributed by atoms with Crippen molar-refractivity contribution in [2.24, 2.45) is 5.92 Å². The van der Waals surface area contributed by atoms with Crippen molar-refractivity contribution in [3.05, 3.63) is 64.1 Å². The molecule has 0 unspecified atom stereocenters. The summed E-state index contributed by atoms with van der Waals surface area (Å²) in [6, 6.07) is 13.5. The number of fused-ring (bicyclic) bond motifs is 1. The Morgan fingerprint density at radius 2 is 1.67 bits per heavy atom. The Labute approximate surface area is 140 Å². The molecule has 0 aliphatic rings. The van der Waals surface area contributed by atoms with E-state index in [-0.39, 0.29) is 11.6 Å². The summed E-state index contributed by atoms with van der Waals surface area (Å²) in [5, 5.41) is 2.86. The SMILES string of the molecule is CC(C)Cc1ccc(CC(=O)Nc2ccc3[nH]c(=O)[nH]c3c2)cc1. The minimum Gasteiger partial charge on any atom is -0.326 e. The van der Waals surface area contributed by atoms with Crippen LogP contribution in [0.3, 0.4) is 0 Å². The summed E-state index contributed by atoms with van der Waals surface area (Å²) in [7, 11) is 0. The highest BCUT2D eigenvalue weighted by Crippen LogP contribution is 2.15. The van der Waals surface area contributed by atoms with E-state index in [2.05, 4.69) is 41.3 Å². The van der Waals surface area contributed by atoms with Crippen LogP contribution in [0.25, 0.3) is 11.0 Å². The molecule has 124 valence electrons. The number of anilines is 1. The molecule has 0 saturated heterocycles. The topological polar surface area (TPSA) is 77.8 Å². The second kappa shape index (κ2) is 6.74. The Balaban J connectivity index is 1.64. The van der Waals surface area contributed by atoms with Gasteiger partial charge in [-0.15, -0.1) is 0 Å². The summed E-state index contributed by atoms with van der Waals surface area (Å²) in [4.78, 5) is 28.8. The van der Waals surface area contributed by atoms with Crippen molar-refractivity contribution in [1.29, 1.82) is 0 Å². The first-order chi connectivity index (χ1) is 11.5. The van der Waals surface area contributed by atoms with Gasteiger partial charge in [-0.05, 0) is 41.7 Å². The number of hydrogen-bond acceptors (Lipinski definition) is 2. The van der Waals surface area contributed by atoms with Crippen molar-refractivity contribution in [3.8, 4) is 0 Å². The summed E-state index contributed by atoms with van der Waals surface area (Å²) < 4.78 is 0. The molecule has 24 heavy (non-hydrogen) atoms. The standard InChI is InChI=1S/C19H21N3O2/c1-12(2)9-13-3-5-14(6-4-13)10-18(23)20-15-7-8-16-17(11-15)22-19(24)21-16/h3-8,11-12H,9-10H2,1-2H3,(H,20,23)(H2,21,22,24). The Bertz CT molecular complexity index is 904. The number of rotatable bonds is 5. The van der Waals surface area contributed by atoms with Gasteiger partial charge in [0.1, 0.15) is 0 Å². The number of imidazole rings is 1. The van der Waals surface area contributed by atoms with Crippen molar-refractivity contribution in [3.63, 3.8) is 0 Å². The molecule has 0 fully saturated rings. The van der Waals surface area contributed by atoms with E-state index in [0.29, 0.717) is 23.5 Å². The van der Waals surface area contributed by atoms with Crippen molar-refractivity contribution in [1.82, 2.24) is 9.97 Å². The molecule has 0 atom stereocenters. The van der Waals surface area contributed by atoms with Gasteiger partial charge >= 0.3 is 5.69 Å². The number of H-pyrrole nitrogens is 2. The lowest BCUT2D eigenvalue weighted by molar-refractivity contribution is -0.115. The predicted molar refractivity (Wildman–Crippen MR) is 96.2 cm³/mol. The maximum Gasteiger partial charge on any atom is 0.323 e. The van der Waals surface area contributed by atoms with Crippen LogP contribution in [0.15, 0.2) is 47.3 Å².